The van der Waals surface area contributed by atoms with Gasteiger partial charge < -0.3 is 24.8 Å². The van der Waals surface area contributed by atoms with Crippen LogP contribution in [0.5, 0.6) is 0 Å². The maximum Gasteiger partial charge on any atom is -0.0219 e. The predicted octanol–water partition coefficient (Wildman–Crippen LogP) is 9.48. The average Bonchev–Trinajstić information content (AvgIpc) is 3.62. The Bertz CT molecular complexity index is 1950. The van der Waals surface area contributed by atoms with Crippen molar-refractivity contribution in [2.45, 2.75) is 132 Å². The first-order chi connectivity index (χ1) is 24.3. The Kier molecular flexibility index (Phi) is 18.0. The summed E-state index contributed by atoms with van der Waals surface area (Å²) in [6, 6.07) is 37.8. The normalized spacial score (nSPS) is 11.4. The van der Waals surface area contributed by atoms with Crippen LogP contribution in [-0.2, 0) is 34.2 Å². The second-order valence-corrected chi connectivity index (χ2v) is 25.8. The first kappa shape index (κ1) is 47.9. The molecule has 6 aromatic carbocycles. The second kappa shape index (κ2) is 20.3. The minimum atomic E-state index is 0. The molecule has 0 aromatic heterocycles. The van der Waals surface area contributed by atoms with Gasteiger partial charge in [0.15, 0.2) is 0 Å². The molecule has 0 N–H and O–H groups in total. The third-order valence-corrected chi connectivity index (χ3v) is 13.5. The number of rotatable bonds is 6. The Balaban J connectivity index is 0.000000315. The van der Waals surface area contributed by atoms with Crippen LogP contribution in [0.3, 0.4) is 0 Å². The summed E-state index contributed by atoms with van der Waals surface area (Å²) in [5.41, 5.74) is 14.5. The van der Waals surface area contributed by atoms with Crippen LogP contribution in [0.25, 0.3) is 43.8 Å². The Morgan fingerprint density at radius 1 is 0.574 bits per heavy atom. The van der Waals surface area contributed by atoms with Gasteiger partial charge in [0.05, 0.1) is 0 Å². The molecule has 288 valence electrons. The standard InChI is InChI=1S/2C23H27.C4H10Si.2ClH.Zr/c2*1-15(2)17-10-12-18(13-11-17)20-9-7-8-19-14-21(23(4,5)6)16(3)22(19)20;1-3-4-5-2;;;/h2*7-15H,1-6H3;3-4H2,1-2H3;2*1H;/q2*-1;;;;+2/p-2. The summed E-state index contributed by atoms with van der Waals surface area (Å²) in [4.78, 5) is 0. The molecule has 0 atom stereocenters. The largest absolute Gasteiger partial charge is 1.00 e. The van der Waals surface area contributed by atoms with Gasteiger partial charge in [0.25, 0.3) is 0 Å². The zero-order chi connectivity index (χ0) is 38.5. The molecule has 0 aliphatic rings. The monoisotopic (exact) mass is 852 g/mol. The van der Waals surface area contributed by atoms with E-state index in [1.807, 2.05) is 0 Å². The Morgan fingerprint density at radius 2 is 0.907 bits per heavy atom. The quantitative estimate of drug-likeness (QED) is 0.116. The smallest absolute Gasteiger partial charge is 0.0219 e. The zero-order valence-electron chi connectivity index (χ0n) is 35.6. The van der Waals surface area contributed by atoms with E-state index in [0.29, 0.717) is 11.8 Å². The minimum Gasteiger partial charge on any atom is -1.00 e. The molecule has 0 aliphatic heterocycles. The number of benzene rings is 4. The molecule has 0 radical (unpaired) electrons. The van der Waals surface area contributed by atoms with E-state index in [9.17, 15) is 0 Å². The molecule has 0 saturated heterocycles. The number of fused-ring (bicyclic) bond motifs is 2. The van der Waals surface area contributed by atoms with E-state index in [-0.39, 0.29) is 41.1 Å². The Hall–Kier alpha value is -2.22. The van der Waals surface area contributed by atoms with Crippen LogP contribution in [0.2, 0.25) is 12.6 Å². The van der Waals surface area contributed by atoms with Gasteiger partial charge in [-0.25, -0.2) is 0 Å². The van der Waals surface area contributed by atoms with Crippen molar-refractivity contribution < 1.29 is 48.1 Å². The molecule has 6 rings (SSSR count). The van der Waals surface area contributed by atoms with Crippen molar-refractivity contribution in [3.8, 4) is 22.3 Å². The summed E-state index contributed by atoms with van der Waals surface area (Å²) >= 11 is 1.79. The first-order valence-electron chi connectivity index (χ1n) is 19.5. The van der Waals surface area contributed by atoms with Gasteiger partial charge in [-0.05, 0) is 44.9 Å². The fraction of sp³-hybridized carbons (Fsp3) is 0.400. The molecule has 4 heteroatoms. The summed E-state index contributed by atoms with van der Waals surface area (Å²) in [5, 5.41) is 5.54. The molecule has 0 aliphatic carbocycles. The van der Waals surface area contributed by atoms with E-state index in [1.54, 1.807) is 23.3 Å². The van der Waals surface area contributed by atoms with Crippen molar-refractivity contribution in [3.05, 3.63) is 130 Å². The fourth-order valence-electron chi connectivity index (χ4n) is 7.52. The van der Waals surface area contributed by atoms with Gasteiger partial charge in [-0.15, -0.1) is 69.1 Å². The van der Waals surface area contributed by atoms with Crippen molar-refractivity contribution in [2.24, 2.45) is 0 Å². The summed E-state index contributed by atoms with van der Waals surface area (Å²) < 4.78 is 0. The van der Waals surface area contributed by atoms with Gasteiger partial charge in [0, 0.05) is 0 Å². The van der Waals surface area contributed by atoms with Crippen LogP contribution in [0.15, 0.2) is 97.1 Å². The molecule has 0 bridgehead atoms. The van der Waals surface area contributed by atoms with Gasteiger partial charge in [-0.1, -0.05) is 155 Å². The van der Waals surface area contributed by atoms with Gasteiger partial charge in [-0.2, -0.15) is 11.1 Å². The predicted molar refractivity (Wildman–Crippen MR) is 232 cm³/mol. The molecular formula is C50H64Cl2SiZr-2. The topological polar surface area (TPSA) is 0 Å². The SMILES string of the molecule is CCC[Si](C)=[Zr+2].Cc1c(C(C)(C)C)[cH-]c2cccc(-c3ccc(C(C)C)cc3)c12.Cc1c(C(C)(C)C)[cH-]c2cccc(-c3ccc(C(C)C)cc3)c12.[Cl-].[Cl-]. The van der Waals surface area contributed by atoms with E-state index in [4.69, 9.17) is 0 Å². The number of hydrogen-bond acceptors (Lipinski definition) is 0. The van der Waals surface area contributed by atoms with Crippen molar-refractivity contribution in [2.75, 3.05) is 0 Å². The van der Waals surface area contributed by atoms with Crippen molar-refractivity contribution in [1.29, 1.82) is 0 Å². The van der Waals surface area contributed by atoms with E-state index in [0.717, 1.165) is 0 Å². The van der Waals surface area contributed by atoms with Gasteiger partial charge in [0.2, 0.25) is 0 Å². The molecular weight excluding hydrogens is 791 g/mol. The first-order valence-corrected chi connectivity index (χ1v) is 25.4. The Labute approximate surface area is 356 Å². The summed E-state index contributed by atoms with van der Waals surface area (Å²) in [7, 11) is 0. The molecule has 0 saturated carbocycles. The molecule has 0 heterocycles. The van der Waals surface area contributed by atoms with Crippen molar-refractivity contribution >= 4 is 27.0 Å². The maximum atomic E-state index is 2.40. The van der Waals surface area contributed by atoms with Crippen LogP contribution < -0.4 is 24.8 Å². The summed E-state index contributed by atoms with van der Waals surface area (Å²) in [6.07, 6.45) is 1.40. The van der Waals surface area contributed by atoms with Crippen LogP contribution in [0.1, 0.15) is 128 Å². The third kappa shape index (κ3) is 11.7. The van der Waals surface area contributed by atoms with Crippen LogP contribution in [0.4, 0.5) is 0 Å². The van der Waals surface area contributed by atoms with Gasteiger partial charge in [0.1, 0.15) is 0 Å². The van der Waals surface area contributed by atoms with E-state index < -0.39 is 0 Å². The van der Waals surface area contributed by atoms with Crippen LogP contribution >= 0.6 is 0 Å². The number of halogens is 2. The Morgan fingerprint density at radius 3 is 1.15 bits per heavy atom. The van der Waals surface area contributed by atoms with E-state index in [1.165, 1.54) is 89.6 Å². The average molecular weight is 855 g/mol. The number of aryl methyl sites for hydroxylation is 2. The van der Waals surface area contributed by atoms with Crippen molar-refractivity contribution in [3.63, 3.8) is 0 Å². The van der Waals surface area contributed by atoms with Crippen LogP contribution in [0, 0.1) is 13.8 Å². The van der Waals surface area contributed by atoms with E-state index in [2.05, 4.69) is 194 Å². The molecule has 54 heavy (non-hydrogen) atoms. The van der Waals surface area contributed by atoms with Crippen molar-refractivity contribution in [1.82, 2.24) is 0 Å². The maximum absolute atomic E-state index is 2.40. The van der Waals surface area contributed by atoms with E-state index >= 15 is 0 Å². The summed E-state index contributed by atoms with van der Waals surface area (Å²) in [6.45, 7) is 32.0. The van der Waals surface area contributed by atoms with Gasteiger partial charge in [-0.3, -0.25) is 0 Å². The molecule has 0 amide bonds. The molecule has 0 fully saturated rings. The molecule has 0 nitrogen and oxygen atoms in total. The fourth-order valence-corrected chi connectivity index (χ4v) is 10.1. The molecule has 0 spiro atoms. The third-order valence-electron chi connectivity index (χ3n) is 10.4. The minimum absolute atomic E-state index is 0. The molecule has 6 aromatic rings. The molecule has 0 unspecified atom stereocenters. The number of hydrogen-bond donors (Lipinski definition) is 0. The summed E-state index contributed by atoms with van der Waals surface area (Å²) in [5.74, 6) is 1.15. The van der Waals surface area contributed by atoms with Crippen LogP contribution in [-0.4, -0.2) is 5.43 Å². The zero-order valence-corrected chi connectivity index (χ0v) is 40.5. The van der Waals surface area contributed by atoms with Gasteiger partial charge >= 0.3 is 54.7 Å². The second-order valence-electron chi connectivity index (χ2n) is 17.5.